The molecule has 0 saturated carbocycles. The van der Waals surface area contributed by atoms with Crippen molar-refractivity contribution in [3.05, 3.63) is 28.8 Å². The molecule has 0 atom stereocenters. The molecular formula is C12H15ClO3. The molecule has 1 aromatic carbocycles. The number of aliphatic hydroxyl groups is 1. The molecule has 1 N–H and O–H groups in total. The van der Waals surface area contributed by atoms with Crippen molar-refractivity contribution in [2.75, 3.05) is 13.2 Å². The normalized spacial score (nSPS) is 17.4. The molecule has 1 aromatic rings. The Bertz CT molecular complexity index is 348. The van der Waals surface area contributed by atoms with E-state index in [1.54, 1.807) is 6.07 Å². The lowest BCUT2D eigenvalue weighted by atomic mass is 10.1. The lowest BCUT2D eigenvalue weighted by Crippen LogP contribution is -2.26. The van der Waals surface area contributed by atoms with Crippen molar-refractivity contribution < 1.29 is 14.6 Å². The zero-order valence-electron chi connectivity index (χ0n) is 8.99. The van der Waals surface area contributed by atoms with E-state index in [0.717, 1.165) is 31.6 Å². The summed E-state index contributed by atoms with van der Waals surface area (Å²) in [6.07, 6.45) is 1.88. The van der Waals surface area contributed by atoms with Crippen molar-refractivity contribution in [1.29, 1.82) is 0 Å². The fourth-order valence-corrected chi connectivity index (χ4v) is 2.01. The lowest BCUT2D eigenvalue weighted by Gasteiger charge is -2.24. The van der Waals surface area contributed by atoms with Crippen LogP contribution in [0.5, 0.6) is 5.75 Å². The van der Waals surface area contributed by atoms with Gasteiger partial charge in [0.1, 0.15) is 11.9 Å². The van der Waals surface area contributed by atoms with E-state index in [2.05, 4.69) is 0 Å². The summed E-state index contributed by atoms with van der Waals surface area (Å²) < 4.78 is 11.1. The highest BCUT2D eigenvalue weighted by Gasteiger charge is 2.18. The van der Waals surface area contributed by atoms with Crippen molar-refractivity contribution in [1.82, 2.24) is 0 Å². The SMILES string of the molecule is OCc1cccc(Cl)c1OC1CCOCC1. The number of rotatable bonds is 3. The Hall–Kier alpha value is -0.770. The number of benzene rings is 1. The van der Waals surface area contributed by atoms with Crippen LogP contribution in [0.3, 0.4) is 0 Å². The maximum Gasteiger partial charge on any atom is 0.143 e. The molecule has 0 aliphatic carbocycles. The molecule has 0 amide bonds. The van der Waals surface area contributed by atoms with Gasteiger partial charge < -0.3 is 14.6 Å². The molecule has 0 radical (unpaired) electrons. The number of ether oxygens (including phenoxy) is 2. The van der Waals surface area contributed by atoms with E-state index in [-0.39, 0.29) is 12.7 Å². The Morgan fingerprint density at radius 2 is 2.12 bits per heavy atom. The number of aliphatic hydroxyl groups excluding tert-OH is 1. The number of halogens is 1. The van der Waals surface area contributed by atoms with E-state index >= 15 is 0 Å². The molecule has 1 saturated heterocycles. The quantitative estimate of drug-likeness (QED) is 0.885. The van der Waals surface area contributed by atoms with E-state index in [1.165, 1.54) is 0 Å². The molecule has 2 rings (SSSR count). The van der Waals surface area contributed by atoms with Crippen molar-refractivity contribution in [2.45, 2.75) is 25.6 Å². The second-order valence-electron chi connectivity index (χ2n) is 3.82. The average molecular weight is 243 g/mol. The van der Waals surface area contributed by atoms with Crippen molar-refractivity contribution >= 4 is 11.6 Å². The van der Waals surface area contributed by atoms with Crippen LogP contribution in [-0.4, -0.2) is 24.4 Å². The van der Waals surface area contributed by atoms with Gasteiger partial charge in [-0.1, -0.05) is 23.7 Å². The van der Waals surface area contributed by atoms with Gasteiger partial charge in [-0.3, -0.25) is 0 Å². The van der Waals surface area contributed by atoms with E-state index < -0.39 is 0 Å². The molecule has 1 heterocycles. The molecular weight excluding hydrogens is 228 g/mol. The third kappa shape index (κ3) is 2.67. The second kappa shape index (κ2) is 5.53. The highest BCUT2D eigenvalue weighted by Crippen LogP contribution is 2.31. The Balaban J connectivity index is 2.12. The topological polar surface area (TPSA) is 38.7 Å². The molecule has 0 bridgehead atoms. The maximum absolute atomic E-state index is 9.21. The third-order valence-corrected chi connectivity index (χ3v) is 2.97. The molecule has 3 nitrogen and oxygen atoms in total. The fraction of sp³-hybridized carbons (Fsp3) is 0.500. The number of para-hydroxylation sites is 1. The summed E-state index contributed by atoms with van der Waals surface area (Å²) in [5.74, 6) is 0.610. The molecule has 0 unspecified atom stereocenters. The number of hydrogen-bond donors (Lipinski definition) is 1. The maximum atomic E-state index is 9.21. The minimum Gasteiger partial charge on any atom is -0.488 e. The molecule has 1 aliphatic heterocycles. The third-order valence-electron chi connectivity index (χ3n) is 2.67. The van der Waals surface area contributed by atoms with Crippen LogP contribution in [0.25, 0.3) is 0 Å². The van der Waals surface area contributed by atoms with Gasteiger partial charge in [0.2, 0.25) is 0 Å². The predicted octanol–water partition coefficient (Wildman–Crippen LogP) is 2.39. The van der Waals surface area contributed by atoms with Crippen molar-refractivity contribution in [3.8, 4) is 5.75 Å². The molecule has 1 aliphatic rings. The van der Waals surface area contributed by atoms with Gasteiger partial charge in [0.05, 0.1) is 24.8 Å². The van der Waals surface area contributed by atoms with Crippen molar-refractivity contribution in [3.63, 3.8) is 0 Å². The minimum absolute atomic E-state index is 0.0564. The summed E-state index contributed by atoms with van der Waals surface area (Å²) in [6, 6.07) is 5.40. The van der Waals surface area contributed by atoms with Crippen LogP contribution < -0.4 is 4.74 Å². The summed E-state index contributed by atoms with van der Waals surface area (Å²) in [7, 11) is 0. The Morgan fingerprint density at radius 3 is 2.81 bits per heavy atom. The molecule has 0 spiro atoms. The summed E-state index contributed by atoms with van der Waals surface area (Å²) in [6.45, 7) is 1.40. The van der Waals surface area contributed by atoms with Gasteiger partial charge in [-0.2, -0.15) is 0 Å². The second-order valence-corrected chi connectivity index (χ2v) is 4.22. The van der Waals surface area contributed by atoms with E-state index in [9.17, 15) is 5.11 Å². The van der Waals surface area contributed by atoms with Gasteiger partial charge in [0.15, 0.2) is 0 Å². The van der Waals surface area contributed by atoms with Crippen LogP contribution >= 0.6 is 11.6 Å². The Labute approximate surface area is 99.9 Å². The van der Waals surface area contributed by atoms with Crippen molar-refractivity contribution in [2.24, 2.45) is 0 Å². The van der Waals surface area contributed by atoms with Crippen LogP contribution in [0.15, 0.2) is 18.2 Å². The molecule has 16 heavy (non-hydrogen) atoms. The van der Waals surface area contributed by atoms with Crippen LogP contribution in [0.2, 0.25) is 5.02 Å². The first-order valence-corrected chi connectivity index (χ1v) is 5.81. The first-order chi connectivity index (χ1) is 7.81. The van der Waals surface area contributed by atoms with Crippen LogP contribution in [0.1, 0.15) is 18.4 Å². The van der Waals surface area contributed by atoms with Gasteiger partial charge in [0, 0.05) is 18.4 Å². The first kappa shape index (κ1) is 11.7. The van der Waals surface area contributed by atoms with Gasteiger partial charge in [0.25, 0.3) is 0 Å². The summed E-state index contributed by atoms with van der Waals surface area (Å²) in [4.78, 5) is 0. The minimum atomic E-state index is -0.0564. The Morgan fingerprint density at radius 1 is 1.38 bits per heavy atom. The highest BCUT2D eigenvalue weighted by atomic mass is 35.5. The highest BCUT2D eigenvalue weighted by molar-refractivity contribution is 6.32. The van der Waals surface area contributed by atoms with Crippen LogP contribution in [0.4, 0.5) is 0 Å². The standard InChI is InChI=1S/C12H15ClO3/c13-11-3-1-2-9(8-14)12(11)16-10-4-6-15-7-5-10/h1-3,10,14H,4-8H2. The van der Waals surface area contributed by atoms with Gasteiger partial charge in [-0.25, -0.2) is 0 Å². The van der Waals surface area contributed by atoms with E-state index in [4.69, 9.17) is 21.1 Å². The molecule has 1 fully saturated rings. The van der Waals surface area contributed by atoms with Gasteiger partial charge >= 0.3 is 0 Å². The molecule has 88 valence electrons. The summed E-state index contributed by atoms with van der Waals surface area (Å²) >= 11 is 6.06. The van der Waals surface area contributed by atoms with Gasteiger partial charge in [-0.15, -0.1) is 0 Å². The molecule has 0 aromatic heterocycles. The van der Waals surface area contributed by atoms with E-state index in [0.29, 0.717) is 10.8 Å². The number of hydrogen-bond acceptors (Lipinski definition) is 3. The van der Waals surface area contributed by atoms with Crippen LogP contribution in [-0.2, 0) is 11.3 Å². The zero-order valence-corrected chi connectivity index (χ0v) is 9.74. The fourth-order valence-electron chi connectivity index (χ4n) is 1.77. The van der Waals surface area contributed by atoms with E-state index in [1.807, 2.05) is 12.1 Å². The Kier molecular flexibility index (Phi) is 4.04. The average Bonchev–Trinajstić information content (AvgIpc) is 2.33. The van der Waals surface area contributed by atoms with Gasteiger partial charge in [-0.05, 0) is 6.07 Å². The summed E-state index contributed by atoms with van der Waals surface area (Å²) in [5, 5.41) is 9.76. The predicted molar refractivity (Wildman–Crippen MR) is 61.8 cm³/mol. The smallest absolute Gasteiger partial charge is 0.143 e. The monoisotopic (exact) mass is 242 g/mol. The summed E-state index contributed by atoms with van der Waals surface area (Å²) in [5.41, 5.74) is 0.735. The lowest BCUT2D eigenvalue weighted by molar-refractivity contribution is 0.0248. The van der Waals surface area contributed by atoms with Crippen LogP contribution in [0, 0.1) is 0 Å². The first-order valence-electron chi connectivity index (χ1n) is 5.44. The zero-order chi connectivity index (χ0) is 11.4. The largest absolute Gasteiger partial charge is 0.488 e. The molecule has 4 heteroatoms.